The van der Waals surface area contributed by atoms with E-state index >= 15 is 0 Å². The lowest BCUT2D eigenvalue weighted by molar-refractivity contribution is -0.120. The zero-order valence-corrected chi connectivity index (χ0v) is 11.8. The van der Waals surface area contributed by atoms with Crippen LogP contribution in [-0.2, 0) is 16.1 Å². The second kappa shape index (κ2) is 7.00. The number of carbonyl (C=O) groups excluding carboxylic acids is 2. The highest BCUT2D eigenvalue weighted by atomic mass is 79.9. The van der Waals surface area contributed by atoms with Crippen molar-refractivity contribution in [2.45, 2.75) is 18.3 Å². The highest BCUT2D eigenvalue weighted by Gasteiger charge is 2.07. The predicted octanol–water partition coefficient (Wildman–Crippen LogP) is 2.26. The molecule has 0 aliphatic carbocycles. The lowest BCUT2D eigenvalue weighted by Crippen LogP contribution is -2.28. The molecule has 5 nitrogen and oxygen atoms in total. The first-order valence-electron chi connectivity index (χ1n) is 5.38. The molecule has 6 heteroatoms. The summed E-state index contributed by atoms with van der Waals surface area (Å²) in [5, 5.41) is 5.32. The number of amides is 2. The third-order valence-corrected chi connectivity index (χ3v) is 2.63. The maximum atomic E-state index is 11.3. The van der Waals surface area contributed by atoms with E-state index in [4.69, 9.17) is 0 Å². The minimum Gasteiger partial charge on any atom is -0.453 e. The van der Waals surface area contributed by atoms with E-state index in [9.17, 15) is 9.59 Å². The van der Waals surface area contributed by atoms with Gasteiger partial charge in [0.15, 0.2) is 0 Å². The number of anilines is 1. The van der Waals surface area contributed by atoms with Crippen LogP contribution in [0.3, 0.4) is 0 Å². The summed E-state index contributed by atoms with van der Waals surface area (Å²) in [6.45, 7) is 2.21. The summed E-state index contributed by atoms with van der Waals surface area (Å²) >= 11 is 3.19. The van der Waals surface area contributed by atoms with E-state index in [1.54, 1.807) is 19.1 Å². The molecule has 18 heavy (non-hydrogen) atoms. The van der Waals surface area contributed by atoms with Crippen LogP contribution in [0.25, 0.3) is 0 Å². The molecule has 0 saturated heterocycles. The van der Waals surface area contributed by atoms with Crippen LogP contribution in [0, 0.1) is 0 Å². The van der Waals surface area contributed by atoms with E-state index < -0.39 is 6.09 Å². The van der Waals surface area contributed by atoms with Crippen molar-refractivity contribution in [2.24, 2.45) is 0 Å². The third-order valence-electron chi connectivity index (χ3n) is 2.21. The molecule has 0 aliphatic heterocycles. The van der Waals surface area contributed by atoms with Crippen LogP contribution in [0.4, 0.5) is 10.5 Å². The number of alkyl halides is 1. The SMILES string of the molecule is COC(=O)Nc1ccc(CNC(=O)C(C)Br)cc1. The van der Waals surface area contributed by atoms with Gasteiger partial charge in [-0.3, -0.25) is 10.1 Å². The van der Waals surface area contributed by atoms with Crippen LogP contribution in [0.15, 0.2) is 24.3 Å². The van der Waals surface area contributed by atoms with Crippen LogP contribution >= 0.6 is 15.9 Å². The van der Waals surface area contributed by atoms with Gasteiger partial charge in [0.05, 0.1) is 11.9 Å². The summed E-state index contributed by atoms with van der Waals surface area (Å²) < 4.78 is 4.48. The molecule has 0 saturated carbocycles. The van der Waals surface area contributed by atoms with Crippen molar-refractivity contribution in [3.8, 4) is 0 Å². The number of hydrogen-bond acceptors (Lipinski definition) is 3. The fourth-order valence-electron chi connectivity index (χ4n) is 1.20. The molecule has 0 bridgehead atoms. The summed E-state index contributed by atoms with van der Waals surface area (Å²) in [5.74, 6) is -0.0632. The zero-order valence-electron chi connectivity index (χ0n) is 10.2. The second-order valence-corrected chi connectivity index (χ2v) is 5.02. The number of halogens is 1. The molecule has 1 aromatic carbocycles. The van der Waals surface area contributed by atoms with Gasteiger partial charge in [-0.05, 0) is 24.6 Å². The summed E-state index contributed by atoms with van der Waals surface area (Å²) in [5.41, 5.74) is 1.60. The molecule has 0 aromatic heterocycles. The minimum atomic E-state index is -0.510. The van der Waals surface area contributed by atoms with Gasteiger partial charge < -0.3 is 10.1 Å². The van der Waals surface area contributed by atoms with E-state index in [0.29, 0.717) is 12.2 Å². The van der Waals surface area contributed by atoms with Gasteiger partial charge in [0.25, 0.3) is 0 Å². The van der Waals surface area contributed by atoms with Gasteiger partial charge in [0.1, 0.15) is 0 Å². The summed E-state index contributed by atoms with van der Waals surface area (Å²) in [6.07, 6.45) is -0.510. The molecule has 1 unspecified atom stereocenters. The zero-order chi connectivity index (χ0) is 13.5. The van der Waals surface area contributed by atoms with Crippen LogP contribution < -0.4 is 10.6 Å². The van der Waals surface area contributed by atoms with Crippen molar-refractivity contribution in [3.63, 3.8) is 0 Å². The first-order chi connectivity index (χ1) is 8.52. The van der Waals surface area contributed by atoms with E-state index in [1.165, 1.54) is 7.11 Å². The molecular formula is C12H15BrN2O3. The quantitative estimate of drug-likeness (QED) is 0.838. The predicted molar refractivity (Wildman–Crippen MR) is 72.7 cm³/mol. The van der Waals surface area contributed by atoms with Crippen LogP contribution in [0.1, 0.15) is 12.5 Å². The molecule has 98 valence electrons. The standard InChI is InChI=1S/C12H15BrN2O3/c1-8(13)11(16)14-7-9-3-5-10(6-4-9)15-12(17)18-2/h3-6,8H,7H2,1-2H3,(H,14,16)(H,15,17). The fourth-order valence-corrected chi connectivity index (χ4v) is 1.37. The average molecular weight is 315 g/mol. The van der Waals surface area contributed by atoms with Gasteiger partial charge in [0, 0.05) is 12.2 Å². The fraction of sp³-hybridized carbons (Fsp3) is 0.333. The van der Waals surface area contributed by atoms with E-state index in [-0.39, 0.29) is 10.7 Å². The van der Waals surface area contributed by atoms with Crippen molar-refractivity contribution in [2.75, 3.05) is 12.4 Å². The van der Waals surface area contributed by atoms with Gasteiger partial charge in [-0.15, -0.1) is 0 Å². The maximum Gasteiger partial charge on any atom is 0.411 e. The third kappa shape index (κ3) is 4.75. The minimum absolute atomic E-state index is 0.0632. The molecule has 1 aromatic rings. The van der Waals surface area contributed by atoms with Crippen molar-refractivity contribution < 1.29 is 14.3 Å². The molecule has 0 radical (unpaired) electrons. The number of ether oxygens (including phenoxy) is 1. The molecule has 1 rings (SSSR count). The van der Waals surface area contributed by atoms with E-state index in [1.807, 2.05) is 12.1 Å². The van der Waals surface area contributed by atoms with Gasteiger partial charge in [-0.25, -0.2) is 4.79 Å². The first kappa shape index (κ1) is 14.5. The highest BCUT2D eigenvalue weighted by Crippen LogP contribution is 2.10. The van der Waals surface area contributed by atoms with Crippen LogP contribution in [-0.4, -0.2) is 23.9 Å². The largest absolute Gasteiger partial charge is 0.453 e. The number of benzene rings is 1. The molecular weight excluding hydrogens is 300 g/mol. The Morgan fingerprint density at radius 1 is 1.33 bits per heavy atom. The first-order valence-corrected chi connectivity index (χ1v) is 6.30. The van der Waals surface area contributed by atoms with Crippen LogP contribution in [0.5, 0.6) is 0 Å². The Morgan fingerprint density at radius 3 is 2.44 bits per heavy atom. The lowest BCUT2D eigenvalue weighted by atomic mass is 10.2. The Kier molecular flexibility index (Phi) is 5.64. The van der Waals surface area contributed by atoms with Crippen molar-refractivity contribution in [1.29, 1.82) is 0 Å². The van der Waals surface area contributed by atoms with Gasteiger partial charge in [-0.1, -0.05) is 28.1 Å². The monoisotopic (exact) mass is 314 g/mol. The van der Waals surface area contributed by atoms with Gasteiger partial charge >= 0.3 is 6.09 Å². The molecule has 0 aliphatic rings. The Bertz CT molecular complexity index is 418. The molecule has 2 amide bonds. The Labute approximate surface area is 114 Å². The second-order valence-electron chi connectivity index (χ2n) is 3.65. The van der Waals surface area contributed by atoms with Crippen molar-refractivity contribution in [1.82, 2.24) is 5.32 Å². The van der Waals surface area contributed by atoms with Crippen LogP contribution in [0.2, 0.25) is 0 Å². The number of nitrogens with one attached hydrogen (secondary N) is 2. The highest BCUT2D eigenvalue weighted by molar-refractivity contribution is 9.10. The van der Waals surface area contributed by atoms with Crippen molar-refractivity contribution >= 4 is 33.6 Å². The molecule has 0 spiro atoms. The Morgan fingerprint density at radius 2 is 1.94 bits per heavy atom. The van der Waals surface area contributed by atoms with Gasteiger partial charge in [0.2, 0.25) is 5.91 Å². The normalized spacial score (nSPS) is 11.5. The molecule has 0 fully saturated rings. The number of rotatable bonds is 4. The molecule has 1 atom stereocenters. The molecule has 0 heterocycles. The number of carbonyl (C=O) groups is 2. The maximum absolute atomic E-state index is 11.3. The topological polar surface area (TPSA) is 67.4 Å². The van der Waals surface area contributed by atoms with E-state index in [2.05, 4.69) is 31.3 Å². The molecule has 2 N–H and O–H groups in total. The summed E-state index contributed by atoms with van der Waals surface area (Å²) in [6, 6.07) is 7.14. The smallest absolute Gasteiger partial charge is 0.411 e. The Balaban J connectivity index is 2.50. The van der Waals surface area contributed by atoms with Crippen molar-refractivity contribution in [3.05, 3.63) is 29.8 Å². The number of methoxy groups -OCH3 is 1. The Hall–Kier alpha value is -1.56. The number of hydrogen-bond donors (Lipinski definition) is 2. The summed E-state index contributed by atoms with van der Waals surface area (Å²) in [4.78, 5) is 22.1. The van der Waals surface area contributed by atoms with Gasteiger partial charge in [-0.2, -0.15) is 0 Å². The van der Waals surface area contributed by atoms with E-state index in [0.717, 1.165) is 5.56 Å². The summed E-state index contributed by atoms with van der Waals surface area (Å²) in [7, 11) is 1.31. The lowest BCUT2D eigenvalue weighted by Gasteiger charge is -2.08. The average Bonchev–Trinajstić information content (AvgIpc) is 2.37.